The largest absolute Gasteiger partial charge is 0.472 e. The predicted molar refractivity (Wildman–Crippen MR) is 121 cm³/mol. The number of phosphoric acid groups is 1. The number of aromatic amines is 2. The number of hydrogen-bond acceptors (Lipinski definition) is 13. The van der Waals surface area contributed by atoms with Crippen molar-refractivity contribution < 1.29 is 48.4 Å². The summed E-state index contributed by atoms with van der Waals surface area (Å²) in [5.74, 6) is 0. The highest BCUT2D eigenvalue weighted by Gasteiger charge is 2.50. The number of phosphoric ester groups is 1. The van der Waals surface area contributed by atoms with E-state index in [1.165, 1.54) is 6.20 Å². The van der Waals surface area contributed by atoms with Crippen LogP contribution < -0.4 is 16.8 Å². The third-order valence-corrected chi connectivity index (χ3v) is 7.03. The van der Waals surface area contributed by atoms with Gasteiger partial charge in [-0.3, -0.25) is 37.7 Å². The molecule has 19 heteroatoms. The minimum atomic E-state index is -5.01. The maximum absolute atomic E-state index is 12.6. The summed E-state index contributed by atoms with van der Waals surface area (Å²) in [6.45, 7) is -1.54. The molecule has 4 rings (SSSR count). The van der Waals surface area contributed by atoms with Gasteiger partial charge in [0.1, 0.15) is 36.6 Å². The first kappa shape index (κ1) is 27.7. The van der Waals surface area contributed by atoms with Gasteiger partial charge >= 0.3 is 13.5 Å². The van der Waals surface area contributed by atoms with Crippen LogP contribution in [0.4, 0.5) is 0 Å². The molecule has 0 aliphatic carbocycles. The summed E-state index contributed by atoms with van der Waals surface area (Å²) in [6.07, 6.45) is -9.77. The molecule has 4 heterocycles. The predicted octanol–water partition coefficient (Wildman–Crippen LogP) is -3.17. The lowest BCUT2D eigenvalue weighted by atomic mass is 10.1. The molecule has 17 nitrogen and oxygen atoms in total. The standard InChI is InChI=1S/C18H23N4O13PS/c23-5-7-14(13(28)16(33-7)22-4-2-10(25)20-18(22)37)35-36(30,31)32-6-8-11(26)12(27)15(34-8)21-3-1-9(24)19-17(21)29/h1-4,7-8,11-16,23,26-28H,5-6H2,(H,30,31)(H,19,24,29)(H,20,25,37)/t7-,8-,11-,12-,13-,14-,15-,16-/m1/s1. The molecule has 7 N–H and O–H groups in total. The second-order valence-corrected chi connectivity index (χ2v) is 9.95. The fourth-order valence-electron chi connectivity index (χ4n) is 3.93. The van der Waals surface area contributed by atoms with Crippen LogP contribution in [0.2, 0.25) is 0 Å². The number of ether oxygens (including phenoxy) is 2. The van der Waals surface area contributed by atoms with E-state index >= 15 is 0 Å². The van der Waals surface area contributed by atoms with Crippen LogP contribution >= 0.6 is 20.0 Å². The van der Waals surface area contributed by atoms with Gasteiger partial charge in [-0.1, -0.05) is 0 Å². The van der Waals surface area contributed by atoms with Gasteiger partial charge in [0.25, 0.3) is 11.1 Å². The Bertz CT molecular complexity index is 1410. The highest BCUT2D eigenvalue weighted by Crippen LogP contribution is 2.49. The monoisotopic (exact) mass is 566 g/mol. The molecule has 2 aromatic heterocycles. The fraction of sp³-hybridized carbons (Fsp3) is 0.556. The van der Waals surface area contributed by atoms with E-state index in [9.17, 15) is 44.3 Å². The van der Waals surface area contributed by atoms with Crippen molar-refractivity contribution in [3.63, 3.8) is 0 Å². The van der Waals surface area contributed by atoms with Gasteiger partial charge in [0.15, 0.2) is 17.2 Å². The Morgan fingerprint density at radius 1 is 0.946 bits per heavy atom. The Labute approximate surface area is 210 Å². The summed E-state index contributed by atoms with van der Waals surface area (Å²) in [4.78, 5) is 49.1. The van der Waals surface area contributed by atoms with Gasteiger partial charge in [-0.2, -0.15) is 0 Å². The SMILES string of the molecule is O=c1ccn([C@@H]2O[C@H](COP(=O)(O)O[C@H]3[C@@H](O)[C@H](n4ccc(=O)[nH]c4=S)O[C@@H]3CO)[C@@H](O)[C@H]2O)c(=O)[nH]1. The molecule has 2 saturated heterocycles. The molecule has 0 bridgehead atoms. The Morgan fingerprint density at radius 3 is 2.16 bits per heavy atom. The summed E-state index contributed by atoms with van der Waals surface area (Å²) in [5.41, 5.74) is -2.14. The van der Waals surface area contributed by atoms with E-state index in [2.05, 4.69) is 4.98 Å². The maximum atomic E-state index is 12.6. The summed E-state index contributed by atoms with van der Waals surface area (Å²) < 4.78 is 35.2. The molecule has 2 aliphatic heterocycles. The first-order valence-corrected chi connectivity index (χ1v) is 12.6. The minimum Gasteiger partial charge on any atom is -0.394 e. The number of nitrogens with one attached hydrogen (secondary N) is 2. The summed E-state index contributed by atoms with van der Waals surface area (Å²) in [5, 5.41) is 40.8. The van der Waals surface area contributed by atoms with E-state index in [1.807, 2.05) is 4.98 Å². The van der Waals surface area contributed by atoms with Gasteiger partial charge in [0, 0.05) is 24.5 Å². The smallest absolute Gasteiger partial charge is 0.394 e. The van der Waals surface area contributed by atoms with E-state index in [1.54, 1.807) is 0 Å². The summed E-state index contributed by atoms with van der Waals surface area (Å²) in [7, 11) is -5.01. The maximum Gasteiger partial charge on any atom is 0.472 e. The van der Waals surface area contributed by atoms with Crippen LogP contribution in [0.3, 0.4) is 0 Å². The van der Waals surface area contributed by atoms with Crippen molar-refractivity contribution in [2.75, 3.05) is 13.2 Å². The van der Waals surface area contributed by atoms with E-state index in [4.69, 9.17) is 30.7 Å². The zero-order valence-electron chi connectivity index (χ0n) is 18.6. The normalized spacial score (nSPS) is 33.4. The average Bonchev–Trinajstić information content (AvgIpc) is 3.28. The molecule has 0 spiro atoms. The van der Waals surface area contributed by atoms with Crippen molar-refractivity contribution >= 4 is 20.0 Å². The lowest BCUT2D eigenvalue weighted by molar-refractivity contribution is -0.0613. The minimum absolute atomic E-state index is 0.126. The van der Waals surface area contributed by atoms with Gasteiger partial charge < -0.3 is 34.8 Å². The van der Waals surface area contributed by atoms with Crippen LogP contribution in [0, 0.1) is 4.77 Å². The summed E-state index contributed by atoms with van der Waals surface area (Å²) >= 11 is 5.02. The van der Waals surface area contributed by atoms with Crippen LogP contribution in [0.1, 0.15) is 12.5 Å². The number of hydrogen-bond donors (Lipinski definition) is 7. The zero-order chi connectivity index (χ0) is 27.1. The van der Waals surface area contributed by atoms with Crippen molar-refractivity contribution in [1.82, 2.24) is 19.1 Å². The molecule has 2 aliphatic rings. The molecule has 0 saturated carbocycles. The molecule has 1 unspecified atom stereocenters. The quantitative estimate of drug-likeness (QED) is 0.123. The van der Waals surface area contributed by atoms with E-state index in [-0.39, 0.29) is 4.77 Å². The van der Waals surface area contributed by atoms with Crippen molar-refractivity contribution in [3.05, 3.63) is 60.5 Å². The number of aromatic nitrogens is 4. The Morgan fingerprint density at radius 2 is 1.54 bits per heavy atom. The van der Waals surface area contributed by atoms with Crippen LogP contribution in [0.15, 0.2) is 38.9 Å². The molecule has 0 aromatic carbocycles. The number of rotatable bonds is 8. The molecular formula is C18H23N4O13PS. The van der Waals surface area contributed by atoms with Crippen LogP contribution in [-0.4, -0.2) is 94.3 Å². The van der Waals surface area contributed by atoms with Crippen molar-refractivity contribution in [1.29, 1.82) is 0 Å². The first-order valence-electron chi connectivity index (χ1n) is 10.7. The van der Waals surface area contributed by atoms with Crippen LogP contribution in [0.25, 0.3) is 0 Å². The highest BCUT2D eigenvalue weighted by atomic mass is 32.1. The zero-order valence-corrected chi connectivity index (χ0v) is 20.3. The third kappa shape index (κ3) is 5.74. The second kappa shape index (κ2) is 10.8. The van der Waals surface area contributed by atoms with Gasteiger partial charge in [0.2, 0.25) is 0 Å². The molecule has 0 amide bonds. The van der Waals surface area contributed by atoms with Gasteiger partial charge in [-0.15, -0.1) is 0 Å². The molecule has 0 radical (unpaired) electrons. The third-order valence-electron chi connectivity index (χ3n) is 5.73. The number of nitrogens with zero attached hydrogens (tertiary/aromatic N) is 2. The van der Waals surface area contributed by atoms with E-state index < -0.39 is 86.9 Å². The number of aliphatic hydroxyl groups excluding tert-OH is 4. The fourth-order valence-corrected chi connectivity index (χ4v) is 5.16. The van der Waals surface area contributed by atoms with Gasteiger partial charge in [-0.25, -0.2) is 9.36 Å². The lowest BCUT2D eigenvalue weighted by Crippen LogP contribution is -2.37. The average molecular weight is 566 g/mol. The van der Waals surface area contributed by atoms with Crippen molar-refractivity contribution in [2.45, 2.75) is 49.1 Å². The van der Waals surface area contributed by atoms with Gasteiger partial charge in [0.05, 0.1) is 13.2 Å². The van der Waals surface area contributed by atoms with E-state index in [0.29, 0.717) is 0 Å². The highest BCUT2D eigenvalue weighted by molar-refractivity contribution is 7.71. The van der Waals surface area contributed by atoms with Crippen molar-refractivity contribution in [3.8, 4) is 0 Å². The number of aliphatic hydroxyl groups is 4. The molecule has 2 fully saturated rings. The number of H-pyrrole nitrogens is 2. The van der Waals surface area contributed by atoms with Gasteiger partial charge in [-0.05, 0) is 12.2 Å². The van der Waals surface area contributed by atoms with Crippen LogP contribution in [0.5, 0.6) is 0 Å². The van der Waals surface area contributed by atoms with Crippen LogP contribution in [-0.2, 0) is 23.1 Å². The lowest BCUT2D eigenvalue weighted by Gasteiger charge is -2.23. The molecule has 2 aromatic rings. The Hall–Kier alpha value is -2.35. The molecule has 204 valence electrons. The molecule has 37 heavy (non-hydrogen) atoms. The topological polar surface area (TPSA) is 248 Å². The molecule has 9 atom stereocenters. The van der Waals surface area contributed by atoms with Crippen molar-refractivity contribution in [2.24, 2.45) is 0 Å². The molecular weight excluding hydrogens is 543 g/mol. The second-order valence-electron chi connectivity index (χ2n) is 8.15. The van der Waals surface area contributed by atoms with E-state index in [0.717, 1.165) is 27.5 Å². The summed E-state index contributed by atoms with van der Waals surface area (Å²) in [6, 6.07) is 2.09. The first-order chi connectivity index (χ1) is 17.4. The Kier molecular flexibility index (Phi) is 8.07. The Balaban J connectivity index is 1.43.